The summed E-state index contributed by atoms with van der Waals surface area (Å²) in [6.45, 7) is 2.58. The second-order valence-electron chi connectivity index (χ2n) is 27.6. The summed E-state index contributed by atoms with van der Waals surface area (Å²) in [6, 6.07) is 0. The third kappa shape index (κ3) is 79.1. The van der Waals surface area contributed by atoms with Gasteiger partial charge in [-0.1, -0.05) is 336 Å². The van der Waals surface area contributed by atoms with E-state index in [9.17, 15) is 43.5 Å². The van der Waals surface area contributed by atoms with E-state index in [-0.39, 0.29) is 19.3 Å². The van der Waals surface area contributed by atoms with Crippen molar-refractivity contribution in [3.05, 3.63) is 109 Å². The van der Waals surface area contributed by atoms with E-state index in [1.807, 2.05) is 0 Å². The second kappa shape index (κ2) is 77.8. The number of carbonyl (C=O) groups excluding carboxylic acids is 3. The number of unbranched alkanes of at least 4 members (excludes halogenated alkanes) is 37. The molecule has 103 heavy (non-hydrogen) atoms. The fraction of sp³-hybridized carbons (Fsp3) is 0.753. The van der Waals surface area contributed by atoms with Crippen LogP contribution in [-0.4, -0.2) is 95.9 Å². The summed E-state index contributed by atoms with van der Waals surface area (Å²) < 4.78 is 61.2. The minimum absolute atomic E-state index is 0.106. The lowest BCUT2D eigenvalue weighted by molar-refractivity contribution is -0.161. The molecule has 0 aromatic rings. The monoisotopic (exact) mass is 1490 g/mol. The number of phosphoric acid groups is 2. The molecule has 0 rings (SSSR count). The highest BCUT2D eigenvalue weighted by atomic mass is 31.2. The van der Waals surface area contributed by atoms with Gasteiger partial charge in [-0.2, -0.15) is 0 Å². The van der Waals surface area contributed by atoms with Gasteiger partial charge in [0.05, 0.1) is 26.4 Å². The van der Waals surface area contributed by atoms with E-state index in [1.165, 1.54) is 161 Å². The number of hydrogen-bond acceptors (Lipinski definition) is 14. The SMILES string of the molecule is CC/C=C\C/C=C\C/C=C\C/C=C\C/C=C\CCCCCCCCCCCC(=O)OCC(COP(=O)(O)OCC(O)COP(=O)(O)OCC(O)COC(=O)CCCCCCCCCCCCC/C=C\C/C=C\C/C=C\C/C=C\CCCCC)OC(=O)CCCCCCCCCCCCCCCCC. The molecule has 4 N–H and O–H groups in total. The van der Waals surface area contributed by atoms with Crippen LogP contribution in [0.1, 0.15) is 355 Å². The van der Waals surface area contributed by atoms with Gasteiger partial charge in [-0.3, -0.25) is 32.5 Å². The van der Waals surface area contributed by atoms with Gasteiger partial charge in [0.15, 0.2) is 6.10 Å². The molecular weight excluding hydrogens is 1340 g/mol. The Morgan fingerprint density at radius 2 is 0.515 bits per heavy atom. The zero-order valence-electron chi connectivity index (χ0n) is 65.2. The Bertz CT molecular complexity index is 2310. The van der Waals surface area contributed by atoms with Crippen LogP contribution in [0.5, 0.6) is 0 Å². The number of hydrogen-bond donors (Lipinski definition) is 4. The average Bonchev–Trinajstić information content (AvgIpc) is 0.918. The molecule has 0 aliphatic rings. The van der Waals surface area contributed by atoms with Crippen molar-refractivity contribution >= 4 is 33.6 Å². The third-order valence-corrected chi connectivity index (χ3v) is 19.4. The number of ether oxygens (including phenoxy) is 3. The summed E-state index contributed by atoms with van der Waals surface area (Å²) >= 11 is 0. The molecule has 16 nitrogen and oxygen atoms in total. The zero-order valence-corrected chi connectivity index (χ0v) is 67.0. The van der Waals surface area contributed by atoms with Crippen LogP contribution in [-0.2, 0) is 55.8 Å². The highest BCUT2D eigenvalue weighted by Crippen LogP contribution is 2.45. The van der Waals surface area contributed by atoms with Crippen LogP contribution in [0.15, 0.2) is 109 Å². The van der Waals surface area contributed by atoms with E-state index >= 15 is 0 Å². The van der Waals surface area contributed by atoms with Gasteiger partial charge in [0.2, 0.25) is 0 Å². The number of aliphatic hydroxyl groups is 2. The highest BCUT2D eigenvalue weighted by molar-refractivity contribution is 7.47. The maximum atomic E-state index is 13.0. The van der Waals surface area contributed by atoms with Crippen molar-refractivity contribution in [3.63, 3.8) is 0 Å². The number of rotatable bonds is 78. The average molecular weight is 1490 g/mol. The van der Waals surface area contributed by atoms with E-state index in [2.05, 4.69) is 130 Å². The Labute approximate surface area is 628 Å². The molecule has 0 aromatic carbocycles. The van der Waals surface area contributed by atoms with Crippen molar-refractivity contribution < 1.29 is 75.8 Å². The smallest absolute Gasteiger partial charge is 0.463 e. The number of allylic oxidation sites excluding steroid dienone is 18. The van der Waals surface area contributed by atoms with E-state index in [1.54, 1.807) is 0 Å². The summed E-state index contributed by atoms with van der Waals surface area (Å²) in [7, 11) is -9.79. The number of esters is 3. The minimum Gasteiger partial charge on any atom is -0.463 e. The van der Waals surface area contributed by atoms with Crippen LogP contribution in [0.2, 0.25) is 0 Å². The third-order valence-electron chi connectivity index (χ3n) is 17.5. The topological polar surface area (TPSA) is 231 Å². The lowest BCUT2D eigenvalue weighted by Gasteiger charge is -2.21. The first-order valence-electron chi connectivity index (χ1n) is 41.2. The van der Waals surface area contributed by atoms with Crippen molar-refractivity contribution in [1.82, 2.24) is 0 Å². The van der Waals surface area contributed by atoms with Gasteiger partial charge in [0, 0.05) is 19.3 Å². The van der Waals surface area contributed by atoms with Crippen LogP contribution < -0.4 is 0 Å². The van der Waals surface area contributed by atoms with Gasteiger partial charge in [0.25, 0.3) is 0 Å². The Morgan fingerprint density at radius 1 is 0.282 bits per heavy atom. The van der Waals surface area contributed by atoms with Crippen LogP contribution in [0.4, 0.5) is 0 Å². The highest BCUT2D eigenvalue weighted by Gasteiger charge is 2.29. The van der Waals surface area contributed by atoms with Crippen LogP contribution in [0.3, 0.4) is 0 Å². The van der Waals surface area contributed by atoms with Crippen LogP contribution in [0.25, 0.3) is 0 Å². The van der Waals surface area contributed by atoms with Gasteiger partial charge < -0.3 is 34.2 Å². The Kier molecular flexibility index (Phi) is 74.9. The van der Waals surface area contributed by atoms with E-state index in [0.717, 1.165) is 135 Å². The summed E-state index contributed by atoms with van der Waals surface area (Å²) in [4.78, 5) is 58.7. The molecular formula is C85H150O16P2. The molecule has 0 saturated carbocycles. The fourth-order valence-corrected chi connectivity index (χ4v) is 12.8. The lowest BCUT2D eigenvalue weighted by Crippen LogP contribution is -2.30. The van der Waals surface area contributed by atoms with Gasteiger partial charge in [-0.15, -0.1) is 0 Å². The first-order chi connectivity index (χ1) is 50.2. The van der Waals surface area contributed by atoms with E-state index < -0.39 is 91.5 Å². The minimum atomic E-state index is -4.93. The molecule has 0 aromatic heterocycles. The molecule has 18 heteroatoms. The standard InChI is InChI=1S/C85H150O16P2/c1-4-7-10-13-16-19-22-25-28-30-32-34-36-38-39-41-43-44-46-48-51-53-56-59-62-65-68-71-83(88)95-74-80(86)75-97-102(91,92)98-76-81(87)77-99-103(93,94)100-79-82(101-85(90)73-70-67-64-61-58-55-50-27-24-21-18-15-12-9-6-3)78-96-84(89)72-69-66-63-60-57-54-52-49-47-45-42-40-37-35-33-31-29-26-23-20-17-14-11-8-5-2/h8,11,16-17,19-20,25-26,28-29,32-35,38-40,42,80-82,86-87H,4-7,9-10,12-15,18,21-24,27,30-31,36-37,41,43-79H2,1-3H3,(H,91,92)(H,93,94)/b11-8-,19-16-,20-17-,28-25-,29-26-,34-32-,35-33-,39-38-,42-40-. The van der Waals surface area contributed by atoms with Gasteiger partial charge in [-0.25, -0.2) is 9.13 Å². The summed E-state index contributed by atoms with van der Waals surface area (Å²) in [5.41, 5.74) is 0. The molecule has 0 fully saturated rings. The quantitative estimate of drug-likeness (QED) is 0.0146. The van der Waals surface area contributed by atoms with Crippen molar-refractivity contribution in [1.29, 1.82) is 0 Å². The molecule has 0 heterocycles. The Morgan fingerprint density at radius 3 is 0.835 bits per heavy atom. The Hall–Kier alpha value is -3.79. The molecule has 0 aliphatic carbocycles. The van der Waals surface area contributed by atoms with Crippen molar-refractivity contribution in [2.45, 2.75) is 373 Å². The fourth-order valence-electron chi connectivity index (χ4n) is 11.2. The molecule has 0 saturated heterocycles. The van der Waals surface area contributed by atoms with E-state index in [0.29, 0.717) is 19.3 Å². The van der Waals surface area contributed by atoms with Crippen molar-refractivity contribution in [2.75, 3.05) is 39.6 Å². The maximum Gasteiger partial charge on any atom is 0.472 e. The van der Waals surface area contributed by atoms with Crippen LogP contribution >= 0.6 is 15.6 Å². The molecule has 0 bridgehead atoms. The maximum absolute atomic E-state index is 13.0. The van der Waals surface area contributed by atoms with Crippen molar-refractivity contribution in [3.8, 4) is 0 Å². The normalized spacial score (nSPS) is 14.5. The number of aliphatic hydroxyl groups excluding tert-OH is 2. The molecule has 0 spiro atoms. The Balaban J connectivity index is 4.55. The van der Waals surface area contributed by atoms with Gasteiger partial charge in [-0.05, 0) is 109 Å². The zero-order chi connectivity index (χ0) is 75.2. The van der Waals surface area contributed by atoms with Crippen LogP contribution in [0, 0.1) is 0 Å². The molecule has 5 unspecified atom stereocenters. The summed E-state index contributed by atoms with van der Waals surface area (Å²) in [5.74, 6) is -1.57. The molecule has 5 atom stereocenters. The second-order valence-corrected chi connectivity index (χ2v) is 30.5. The first-order valence-corrected chi connectivity index (χ1v) is 44.2. The van der Waals surface area contributed by atoms with Gasteiger partial charge in [0.1, 0.15) is 25.4 Å². The summed E-state index contributed by atoms with van der Waals surface area (Å²) in [6.07, 6.45) is 91.2. The van der Waals surface area contributed by atoms with E-state index in [4.69, 9.17) is 32.3 Å². The summed E-state index contributed by atoms with van der Waals surface area (Å²) in [5, 5.41) is 20.7. The molecule has 596 valence electrons. The van der Waals surface area contributed by atoms with Crippen molar-refractivity contribution in [2.24, 2.45) is 0 Å². The lowest BCUT2D eigenvalue weighted by atomic mass is 10.0. The molecule has 0 amide bonds. The largest absolute Gasteiger partial charge is 0.472 e. The molecule has 0 aliphatic heterocycles. The predicted octanol–water partition coefficient (Wildman–Crippen LogP) is 24.3. The molecule has 0 radical (unpaired) electrons. The first kappa shape index (κ1) is 99.2. The van der Waals surface area contributed by atoms with Gasteiger partial charge >= 0.3 is 33.6 Å². The number of carbonyl (C=O) groups is 3. The predicted molar refractivity (Wildman–Crippen MR) is 427 cm³/mol. The number of phosphoric ester groups is 2.